The maximum Gasteiger partial charge on any atom is 0.253 e. The van der Waals surface area contributed by atoms with Crippen molar-refractivity contribution in [2.75, 3.05) is 0 Å². The third-order valence-corrected chi connectivity index (χ3v) is 3.53. The number of rotatable bonds is 5. The predicted molar refractivity (Wildman–Crippen MR) is 89.5 cm³/mol. The molecule has 0 saturated carbocycles. The zero-order valence-corrected chi connectivity index (χ0v) is 13.7. The van der Waals surface area contributed by atoms with Crippen LogP contribution in [-0.2, 0) is 0 Å². The standard InChI is InChI=1S/C18H20ClNO2/c1-12(2)22-15-8-6-7-14(11-15)13(3)20-18(21)16-9-4-5-10-17(16)19/h4-13H,1-3H3,(H,20,21). The van der Waals surface area contributed by atoms with Crippen LogP contribution >= 0.6 is 11.6 Å². The summed E-state index contributed by atoms with van der Waals surface area (Å²) in [5.74, 6) is 0.611. The van der Waals surface area contributed by atoms with Gasteiger partial charge in [-0.2, -0.15) is 0 Å². The summed E-state index contributed by atoms with van der Waals surface area (Å²) < 4.78 is 5.68. The van der Waals surface area contributed by atoms with Gasteiger partial charge in [0, 0.05) is 0 Å². The number of carbonyl (C=O) groups is 1. The highest BCUT2D eigenvalue weighted by Gasteiger charge is 2.14. The van der Waals surface area contributed by atoms with E-state index in [0.717, 1.165) is 11.3 Å². The topological polar surface area (TPSA) is 38.3 Å². The molecule has 0 aliphatic carbocycles. The highest BCUT2D eigenvalue weighted by atomic mass is 35.5. The van der Waals surface area contributed by atoms with Crippen molar-refractivity contribution in [2.45, 2.75) is 32.9 Å². The molecule has 0 fully saturated rings. The number of halogens is 1. The fourth-order valence-electron chi connectivity index (χ4n) is 2.13. The van der Waals surface area contributed by atoms with Crippen LogP contribution in [-0.4, -0.2) is 12.0 Å². The van der Waals surface area contributed by atoms with Crippen molar-refractivity contribution in [2.24, 2.45) is 0 Å². The van der Waals surface area contributed by atoms with Gasteiger partial charge in [0.1, 0.15) is 5.75 Å². The van der Waals surface area contributed by atoms with Crippen molar-refractivity contribution < 1.29 is 9.53 Å². The molecule has 2 aromatic rings. The van der Waals surface area contributed by atoms with Gasteiger partial charge in [-0.25, -0.2) is 0 Å². The smallest absolute Gasteiger partial charge is 0.253 e. The molecule has 1 amide bonds. The van der Waals surface area contributed by atoms with Gasteiger partial charge in [-0.15, -0.1) is 0 Å². The maximum atomic E-state index is 12.3. The molecule has 0 radical (unpaired) electrons. The van der Waals surface area contributed by atoms with Crippen LogP contribution in [0.4, 0.5) is 0 Å². The van der Waals surface area contributed by atoms with Gasteiger partial charge in [-0.3, -0.25) is 4.79 Å². The fraction of sp³-hybridized carbons (Fsp3) is 0.278. The average molecular weight is 318 g/mol. The van der Waals surface area contributed by atoms with Crippen LogP contribution in [0.3, 0.4) is 0 Å². The molecule has 1 atom stereocenters. The molecule has 0 bridgehead atoms. The molecule has 3 nitrogen and oxygen atoms in total. The molecule has 4 heteroatoms. The molecule has 1 N–H and O–H groups in total. The molecule has 0 saturated heterocycles. The summed E-state index contributed by atoms with van der Waals surface area (Å²) in [6, 6.07) is 14.6. The van der Waals surface area contributed by atoms with Crippen LogP contribution in [0.1, 0.15) is 42.7 Å². The maximum absolute atomic E-state index is 12.3. The van der Waals surface area contributed by atoms with Crippen molar-refractivity contribution in [3.63, 3.8) is 0 Å². The van der Waals surface area contributed by atoms with Gasteiger partial charge in [-0.1, -0.05) is 35.9 Å². The Morgan fingerprint density at radius 1 is 1.09 bits per heavy atom. The lowest BCUT2D eigenvalue weighted by atomic mass is 10.1. The highest BCUT2D eigenvalue weighted by molar-refractivity contribution is 6.33. The lowest BCUT2D eigenvalue weighted by Gasteiger charge is -2.17. The second kappa shape index (κ2) is 7.32. The molecule has 22 heavy (non-hydrogen) atoms. The van der Waals surface area contributed by atoms with Crippen molar-refractivity contribution >= 4 is 17.5 Å². The summed E-state index contributed by atoms with van der Waals surface area (Å²) in [6.07, 6.45) is 0.114. The van der Waals surface area contributed by atoms with Gasteiger partial charge in [0.05, 0.1) is 22.7 Å². The third-order valence-electron chi connectivity index (χ3n) is 3.20. The minimum atomic E-state index is -0.187. The van der Waals surface area contributed by atoms with Gasteiger partial charge < -0.3 is 10.1 Å². The van der Waals surface area contributed by atoms with E-state index in [1.54, 1.807) is 24.3 Å². The number of nitrogens with one attached hydrogen (secondary N) is 1. The minimum Gasteiger partial charge on any atom is -0.491 e. The summed E-state index contributed by atoms with van der Waals surface area (Å²) in [6.45, 7) is 5.90. The molecule has 0 spiro atoms. The van der Waals surface area contributed by atoms with Crippen molar-refractivity contribution in [1.29, 1.82) is 0 Å². The Morgan fingerprint density at radius 2 is 1.82 bits per heavy atom. The van der Waals surface area contributed by atoms with Crippen LogP contribution in [0.25, 0.3) is 0 Å². The second-order valence-corrected chi connectivity index (χ2v) is 5.82. The molecule has 0 aliphatic heterocycles. The molecule has 2 aromatic carbocycles. The normalized spacial score (nSPS) is 12.0. The van der Waals surface area contributed by atoms with Gasteiger partial charge in [0.15, 0.2) is 0 Å². The van der Waals surface area contributed by atoms with Gasteiger partial charge >= 0.3 is 0 Å². The molecule has 0 aromatic heterocycles. The first kappa shape index (κ1) is 16.4. The number of ether oxygens (including phenoxy) is 1. The predicted octanol–water partition coefficient (Wildman–Crippen LogP) is 4.62. The molecule has 0 heterocycles. The summed E-state index contributed by atoms with van der Waals surface area (Å²) in [7, 11) is 0. The van der Waals surface area contributed by atoms with E-state index >= 15 is 0 Å². The van der Waals surface area contributed by atoms with Gasteiger partial charge in [0.2, 0.25) is 0 Å². The molecular formula is C18H20ClNO2. The molecule has 0 aliphatic rings. The summed E-state index contributed by atoms with van der Waals surface area (Å²) >= 11 is 6.05. The van der Waals surface area contributed by atoms with E-state index in [0.29, 0.717) is 10.6 Å². The lowest BCUT2D eigenvalue weighted by Crippen LogP contribution is -2.26. The van der Waals surface area contributed by atoms with E-state index in [4.69, 9.17) is 16.3 Å². The first-order valence-corrected chi connectivity index (χ1v) is 7.67. The quantitative estimate of drug-likeness (QED) is 0.874. The van der Waals surface area contributed by atoms with Crippen LogP contribution in [0.15, 0.2) is 48.5 Å². The number of hydrogen-bond acceptors (Lipinski definition) is 2. The molecule has 1 unspecified atom stereocenters. The van der Waals surface area contributed by atoms with E-state index in [1.807, 2.05) is 45.0 Å². The first-order valence-electron chi connectivity index (χ1n) is 7.29. The largest absolute Gasteiger partial charge is 0.491 e. The number of hydrogen-bond donors (Lipinski definition) is 1. The molecular weight excluding hydrogens is 298 g/mol. The monoisotopic (exact) mass is 317 g/mol. The Morgan fingerprint density at radius 3 is 2.50 bits per heavy atom. The Labute approximate surface area is 136 Å². The summed E-state index contributed by atoms with van der Waals surface area (Å²) in [5.41, 5.74) is 1.46. The molecule has 116 valence electrons. The zero-order valence-electron chi connectivity index (χ0n) is 13.0. The lowest BCUT2D eigenvalue weighted by molar-refractivity contribution is 0.0940. The van der Waals surface area contributed by atoms with Crippen molar-refractivity contribution in [1.82, 2.24) is 5.32 Å². The van der Waals surface area contributed by atoms with E-state index in [2.05, 4.69) is 5.32 Å². The van der Waals surface area contributed by atoms with E-state index in [1.165, 1.54) is 0 Å². The van der Waals surface area contributed by atoms with Gasteiger partial charge in [0.25, 0.3) is 5.91 Å². The Kier molecular flexibility index (Phi) is 5.45. The number of benzene rings is 2. The fourth-order valence-corrected chi connectivity index (χ4v) is 2.35. The average Bonchev–Trinajstić information content (AvgIpc) is 2.47. The SMILES string of the molecule is CC(C)Oc1cccc(C(C)NC(=O)c2ccccc2Cl)c1. The van der Waals surface area contributed by atoms with Crippen LogP contribution in [0, 0.1) is 0 Å². The van der Waals surface area contributed by atoms with E-state index < -0.39 is 0 Å². The zero-order chi connectivity index (χ0) is 16.1. The summed E-state index contributed by atoms with van der Waals surface area (Å²) in [4.78, 5) is 12.3. The number of carbonyl (C=O) groups excluding carboxylic acids is 1. The third kappa shape index (κ3) is 4.25. The Bertz CT molecular complexity index is 655. The minimum absolute atomic E-state index is 0.114. The molecule has 2 rings (SSSR count). The Hall–Kier alpha value is -2.00. The highest BCUT2D eigenvalue weighted by Crippen LogP contribution is 2.21. The summed E-state index contributed by atoms with van der Waals surface area (Å²) in [5, 5.41) is 3.40. The second-order valence-electron chi connectivity index (χ2n) is 5.41. The Balaban J connectivity index is 2.10. The number of amides is 1. The van der Waals surface area contributed by atoms with Crippen LogP contribution < -0.4 is 10.1 Å². The van der Waals surface area contributed by atoms with Crippen LogP contribution in [0.5, 0.6) is 5.75 Å². The van der Waals surface area contributed by atoms with E-state index in [9.17, 15) is 4.79 Å². The van der Waals surface area contributed by atoms with Crippen molar-refractivity contribution in [3.05, 3.63) is 64.7 Å². The van der Waals surface area contributed by atoms with Crippen molar-refractivity contribution in [3.8, 4) is 5.75 Å². The van der Waals surface area contributed by atoms with Gasteiger partial charge in [-0.05, 0) is 50.6 Å². The van der Waals surface area contributed by atoms with Crippen LogP contribution in [0.2, 0.25) is 5.02 Å². The van der Waals surface area contributed by atoms with E-state index in [-0.39, 0.29) is 18.1 Å². The first-order chi connectivity index (χ1) is 10.5.